The lowest BCUT2D eigenvalue weighted by molar-refractivity contribution is 0.632. The predicted molar refractivity (Wildman–Crippen MR) is 246 cm³/mol. The van der Waals surface area contributed by atoms with E-state index in [4.69, 9.17) is 13.3 Å². The molecule has 0 fully saturated rings. The first-order chi connectivity index (χ1) is 29.3. The molecule has 5 heterocycles. The number of thiophene rings is 1. The van der Waals surface area contributed by atoms with Crippen molar-refractivity contribution in [1.29, 1.82) is 0 Å². The van der Waals surface area contributed by atoms with E-state index in [0.29, 0.717) is 0 Å². The monoisotopic (exact) mass is 771 g/mol. The first kappa shape index (κ1) is 31.5. The summed E-state index contributed by atoms with van der Waals surface area (Å²) in [5.74, 6) is 0. The van der Waals surface area contributed by atoms with Crippen molar-refractivity contribution < 1.29 is 13.3 Å². The summed E-state index contributed by atoms with van der Waals surface area (Å²) >= 11 is 1.84. The standard InChI is InChI=1S/C54H29NO3S/c1-4-20-43-32(11-1)33-12-2-5-21-44(33)55(43)45-22-9-17-36-38-26-27-41-49-31(14-10-24-47(49)57-53(41)52(38)58-51(36)45)30-25-28-48-42(29-30)40-19-8-18-39(54(40)59-48)37-16-7-15-35-34-13-3-6-23-46(34)56-50(35)37/h1-29H. The van der Waals surface area contributed by atoms with Gasteiger partial charge in [-0.05, 0) is 65.7 Å². The van der Waals surface area contributed by atoms with Gasteiger partial charge in [0.1, 0.15) is 16.7 Å². The van der Waals surface area contributed by atoms with Crippen molar-refractivity contribution in [2.75, 3.05) is 0 Å². The third kappa shape index (κ3) is 4.21. The van der Waals surface area contributed by atoms with Crippen LogP contribution in [0.1, 0.15) is 0 Å². The van der Waals surface area contributed by atoms with E-state index in [0.717, 1.165) is 99.2 Å². The Kier molecular flexibility index (Phi) is 6.14. The molecule has 59 heavy (non-hydrogen) atoms. The number of para-hydroxylation sites is 5. The lowest BCUT2D eigenvalue weighted by Crippen LogP contribution is -1.93. The first-order valence-corrected chi connectivity index (χ1v) is 20.7. The third-order valence-electron chi connectivity index (χ3n) is 12.4. The Morgan fingerprint density at radius 2 is 0.949 bits per heavy atom. The second-order valence-electron chi connectivity index (χ2n) is 15.5. The van der Waals surface area contributed by atoms with Gasteiger partial charge in [-0.15, -0.1) is 11.3 Å². The molecule has 0 aliphatic carbocycles. The van der Waals surface area contributed by atoms with Crippen molar-refractivity contribution in [3.05, 3.63) is 176 Å². The van der Waals surface area contributed by atoms with Gasteiger partial charge in [-0.25, -0.2) is 0 Å². The van der Waals surface area contributed by atoms with E-state index in [1.165, 1.54) is 36.5 Å². The fourth-order valence-corrected chi connectivity index (χ4v) is 11.1. The maximum Gasteiger partial charge on any atom is 0.178 e. The van der Waals surface area contributed by atoms with Crippen LogP contribution < -0.4 is 0 Å². The van der Waals surface area contributed by atoms with Gasteiger partial charge in [-0.1, -0.05) is 121 Å². The molecule has 14 aromatic rings. The zero-order valence-corrected chi connectivity index (χ0v) is 32.1. The van der Waals surface area contributed by atoms with E-state index < -0.39 is 0 Å². The molecule has 5 heteroatoms. The van der Waals surface area contributed by atoms with Crippen LogP contribution in [0, 0.1) is 0 Å². The van der Waals surface area contributed by atoms with E-state index in [9.17, 15) is 0 Å². The molecule has 0 atom stereocenters. The van der Waals surface area contributed by atoms with E-state index in [2.05, 4.69) is 168 Å². The Labute approximate surface area is 339 Å². The summed E-state index contributed by atoms with van der Waals surface area (Å²) in [5.41, 5.74) is 12.9. The summed E-state index contributed by atoms with van der Waals surface area (Å²) in [6.45, 7) is 0. The highest BCUT2D eigenvalue weighted by atomic mass is 32.1. The van der Waals surface area contributed by atoms with Crippen LogP contribution in [0.4, 0.5) is 0 Å². The Morgan fingerprint density at radius 1 is 0.356 bits per heavy atom. The molecule has 4 nitrogen and oxygen atoms in total. The summed E-state index contributed by atoms with van der Waals surface area (Å²) in [6, 6.07) is 62.7. The van der Waals surface area contributed by atoms with Gasteiger partial charge in [0.15, 0.2) is 16.7 Å². The Morgan fingerprint density at radius 3 is 1.80 bits per heavy atom. The van der Waals surface area contributed by atoms with Crippen LogP contribution in [-0.4, -0.2) is 4.57 Å². The third-order valence-corrected chi connectivity index (χ3v) is 13.7. The van der Waals surface area contributed by atoms with Gasteiger partial charge >= 0.3 is 0 Å². The first-order valence-electron chi connectivity index (χ1n) is 19.9. The second-order valence-corrected chi connectivity index (χ2v) is 16.6. The summed E-state index contributed by atoms with van der Waals surface area (Å²) in [6.07, 6.45) is 0. The minimum atomic E-state index is 0.763. The molecule has 0 N–H and O–H groups in total. The van der Waals surface area contributed by atoms with Gasteiger partial charge < -0.3 is 17.8 Å². The molecule has 14 rings (SSSR count). The molecule has 0 amide bonds. The average Bonchev–Trinajstić information content (AvgIpc) is 4.11. The number of benzene rings is 9. The second kappa shape index (κ2) is 11.5. The SMILES string of the molecule is c1ccc2c(c1)oc1c(-c3cccc4c3sc3ccc(-c5cccc6oc7c(ccc8c9cccc(-n%10c%11ccccc%11c%11ccccc%11%10)c9oc87)c56)cc34)cccc12. The number of furan rings is 3. The van der Waals surface area contributed by atoms with Crippen molar-refractivity contribution in [1.82, 2.24) is 4.57 Å². The minimum Gasteiger partial charge on any atom is -0.455 e. The summed E-state index contributed by atoms with van der Waals surface area (Å²) in [7, 11) is 0. The number of hydrogen-bond acceptors (Lipinski definition) is 4. The quantitative estimate of drug-likeness (QED) is 0.180. The molecular weight excluding hydrogens is 743 g/mol. The number of aromatic nitrogens is 1. The number of rotatable bonds is 3. The van der Waals surface area contributed by atoms with E-state index in [1.54, 1.807) is 0 Å². The molecule has 0 radical (unpaired) electrons. The van der Waals surface area contributed by atoms with Gasteiger partial charge in [0.25, 0.3) is 0 Å². The number of hydrogen-bond donors (Lipinski definition) is 0. The van der Waals surface area contributed by atoms with Gasteiger partial charge in [-0.2, -0.15) is 0 Å². The molecule has 0 spiro atoms. The zero-order valence-electron chi connectivity index (χ0n) is 31.3. The van der Waals surface area contributed by atoms with E-state index >= 15 is 0 Å². The van der Waals surface area contributed by atoms with Gasteiger partial charge in [0.05, 0.1) is 16.7 Å². The van der Waals surface area contributed by atoms with Crippen LogP contribution >= 0.6 is 11.3 Å². The molecule has 0 saturated carbocycles. The molecule has 0 saturated heterocycles. The highest BCUT2D eigenvalue weighted by Gasteiger charge is 2.22. The number of nitrogens with zero attached hydrogens (tertiary/aromatic N) is 1. The molecular formula is C54H29NO3S. The normalized spacial score (nSPS) is 12.4. The van der Waals surface area contributed by atoms with Crippen molar-refractivity contribution in [2.24, 2.45) is 0 Å². The van der Waals surface area contributed by atoms with Crippen molar-refractivity contribution in [3.8, 4) is 27.9 Å². The maximum atomic E-state index is 6.96. The van der Waals surface area contributed by atoms with Crippen molar-refractivity contribution in [2.45, 2.75) is 0 Å². The smallest absolute Gasteiger partial charge is 0.178 e. The van der Waals surface area contributed by atoms with Crippen molar-refractivity contribution >= 4 is 119 Å². The molecule has 0 unspecified atom stereocenters. The topological polar surface area (TPSA) is 44.4 Å². The molecule has 0 aliphatic rings. The summed E-state index contributed by atoms with van der Waals surface area (Å²) < 4.78 is 25.1. The highest BCUT2D eigenvalue weighted by molar-refractivity contribution is 7.26. The Hall–Kier alpha value is -7.60. The van der Waals surface area contributed by atoms with Crippen LogP contribution in [0.25, 0.3) is 136 Å². The molecule has 9 aromatic carbocycles. The van der Waals surface area contributed by atoms with Gasteiger partial charge in [0.2, 0.25) is 0 Å². The molecule has 0 aliphatic heterocycles. The predicted octanol–water partition coefficient (Wildman–Crippen LogP) is 16.2. The van der Waals surface area contributed by atoms with Gasteiger partial charge in [0, 0.05) is 74.4 Å². The number of fused-ring (bicyclic) bond motifs is 16. The molecule has 0 bridgehead atoms. The zero-order chi connectivity index (χ0) is 38.3. The largest absolute Gasteiger partial charge is 0.455 e. The highest BCUT2D eigenvalue weighted by Crippen LogP contribution is 2.47. The average molecular weight is 772 g/mol. The lowest BCUT2D eigenvalue weighted by atomic mass is 9.96. The van der Waals surface area contributed by atoms with Crippen molar-refractivity contribution in [3.63, 3.8) is 0 Å². The molecule has 5 aromatic heterocycles. The van der Waals surface area contributed by atoms with Crippen LogP contribution in [0.3, 0.4) is 0 Å². The van der Waals surface area contributed by atoms with E-state index in [1.807, 2.05) is 23.5 Å². The van der Waals surface area contributed by atoms with Crippen LogP contribution in [0.15, 0.2) is 189 Å². The van der Waals surface area contributed by atoms with Gasteiger partial charge in [-0.3, -0.25) is 0 Å². The summed E-state index contributed by atoms with van der Waals surface area (Å²) in [5, 5.41) is 11.4. The fraction of sp³-hybridized carbons (Fsp3) is 0. The van der Waals surface area contributed by atoms with Crippen LogP contribution in [0.2, 0.25) is 0 Å². The molecule has 274 valence electrons. The maximum absolute atomic E-state index is 6.96. The lowest BCUT2D eigenvalue weighted by Gasteiger charge is -2.08. The van der Waals surface area contributed by atoms with E-state index in [-0.39, 0.29) is 0 Å². The minimum absolute atomic E-state index is 0.763. The fourth-order valence-electron chi connectivity index (χ4n) is 9.86. The van der Waals surface area contributed by atoms with Crippen LogP contribution in [0.5, 0.6) is 0 Å². The van der Waals surface area contributed by atoms with Crippen LogP contribution in [-0.2, 0) is 0 Å². The Balaban J connectivity index is 0.952. The summed E-state index contributed by atoms with van der Waals surface area (Å²) in [4.78, 5) is 0. The Bertz CT molecular complexity index is 4040.